The first-order chi connectivity index (χ1) is 23.2. The van der Waals surface area contributed by atoms with Crippen molar-refractivity contribution < 1.29 is 34.6 Å². The van der Waals surface area contributed by atoms with Crippen molar-refractivity contribution in [3.8, 4) is 40.2 Å². The number of hydrogen-bond acceptors (Lipinski definition) is 9. The maximum atomic E-state index is 13.8. The van der Waals surface area contributed by atoms with Gasteiger partial charge in [-0.05, 0) is 69.3 Å². The first-order valence-electron chi connectivity index (χ1n) is 15.6. The molecule has 2 aliphatic heterocycles. The summed E-state index contributed by atoms with van der Waals surface area (Å²) in [6.07, 6.45) is 7.06. The van der Waals surface area contributed by atoms with Crippen LogP contribution in [0.1, 0.15) is 31.9 Å². The summed E-state index contributed by atoms with van der Waals surface area (Å²) in [6, 6.07) is 10.4. The Morgan fingerprint density at radius 3 is 2.16 bits per heavy atom. The summed E-state index contributed by atoms with van der Waals surface area (Å²) >= 11 is 0. The van der Waals surface area contributed by atoms with Crippen molar-refractivity contribution >= 4 is 55.8 Å². The fraction of sp³-hybridized carbons (Fsp3) is 0.211. The molecule has 0 unspecified atom stereocenters. The second kappa shape index (κ2) is 9.96. The van der Waals surface area contributed by atoms with Crippen LogP contribution in [0.3, 0.4) is 0 Å². The van der Waals surface area contributed by atoms with E-state index in [1.807, 2.05) is 26.0 Å². The molecule has 2 aromatic heterocycles. The van der Waals surface area contributed by atoms with Crippen LogP contribution in [0.25, 0.3) is 55.8 Å². The standard InChI is InChI=1S/C38H32N2O9/c1-37(2)13-11-19-27(48-37)16-25(44)29-32(19)40(5)33-21(35(29)46)9-10-26-36(33)47-17-38(3,49-26)14-12-18-23(42)15-24(43)28-31(18)39(4)30-20(34(28)45)7-6-8-22(30)41/h6-16,41-44H,17H2,1-5H3/t38-/m0/s1. The lowest BCUT2D eigenvalue weighted by Crippen LogP contribution is -2.40. The molecule has 8 rings (SSSR count). The number of rotatable bonds is 2. The maximum absolute atomic E-state index is 13.8. The van der Waals surface area contributed by atoms with Crippen LogP contribution in [0.15, 0.2) is 64.2 Å². The van der Waals surface area contributed by atoms with Gasteiger partial charge in [-0.15, -0.1) is 0 Å². The summed E-state index contributed by atoms with van der Waals surface area (Å²) in [5.74, 6) is 0.196. The van der Waals surface area contributed by atoms with E-state index in [1.165, 1.54) is 12.1 Å². The first-order valence-corrected chi connectivity index (χ1v) is 15.6. The minimum Gasteiger partial charge on any atom is -0.507 e. The van der Waals surface area contributed by atoms with E-state index in [4.69, 9.17) is 14.2 Å². The van der Waals surface area contributed by atoms with Crippen LogP contribution in [0.4, 0.5) is 0 Å². The van der Waals surface area contributed by atoms with Crippen LogP contribution in [0, 0.1) is 0 Å². The van der Waals surface area contributed by atoms with Crippen molar-refractivity contribution in [2.45, 2.75) is 32.0 Å². The Kier molecular flexibility index (Phi) is 6.15. The van der Waals surface area contributed by atoms with E-state index in [1.54, 1.807) is 66.6 Å². The van der Waals surface area contributed by atoms with Gasteiger partial charge in [-0.2, -0.15) is 0 Å². The van der Waals surface area contributed by atoms with E-state index in [2.05, 4.69) is 0 Å². The molecular formula is C38H32N2O9. The van der Waals surface area contributed by atoms with Crippen LogP contribution in [0.2, 0.25) is 0 Å². The summed E-state index contributed by atoms with van der Waals surface area (Å²) in [5.41, 5.74) is -0.199. The van der Waals surface area contributed by atoms with Crippen LogP contribution >= 0.6 is 0 Å². The Bertz CT molecular complexity index is 2660. The van der Waals surface area contributed by atoms with Gasteiger partial charge in [-0.3, -0.25) is 9.59 Å². The molecule has 0 radical (unpaired) electrons. The largest absolute Gasteiger partial charge is 0.507 e. The second-order valence-corrected chi connectivity index (χ2v) is 13.4. The molecule has 49 heavy (non-hydrogen) atoms. The Labute approximate surface area is 278 Å². The average molecular weight is 661 g/mol. The molecule has 4 N–H and O–H groups in total. The van der Waals surface area contributed by atoms with Gasteiger partial charge in [-0.25, -0.2) is 0 Å². The first kappa shape index (κ1) is 30.2. The van der Waals surface area contributed by atoms with Crippen LogP contribution in [0.5, 0.6) is 40.2 Å². The molecule has 0 aliphatic carbocycles. The van der Waals surface area contributed by atoms with Crippen molar-refractivity contribution in [1.29, 1.82) is 0 Å². The third-order valence-corrected chi connectivity index (χ3v) is 9.45. The Morgan fingerprint density at radius 1 is 0.735 bits per heavy atom. The third kappa shape index (κ3) is 4.28. The number of hydrogen-bond donors (Lipinski definition) is 4. The normalized spacial score (nSPS) is 18.1. The number of para-hydroxylation sites is 1. The summed E-state index contributed by atoms with van der Waals surface area (Å²) in [4.78, 5) is 27.3. The maximum Gasteiger partial charge on any atom is 0.201 e. The van der Waals surface area contributed by atoms with Crippen molar-refractivity contribution in [2.75, 3.05) is 6.61 Å². The summed E-state index contributed by atoms with van der Waals surface area (Å²) in [6.45, 7) is 5.60. The van der Waals surface area contributed by atoms with Gasteiger partial charge in [0.1, 0.15) is 41.0 Å². The molecule has 0 spiro atoms. The monoisotopic (exact) mass is 660 g/mol. The molecule has 0 fully saturated rings. The lowest BCUT2D eigenvalue weighted by molar-refractivity contribution is 0.0461. The van der Waals surface area contributed by atoms with E-state index < -0.39 is 22.4 Å². The topological polar surface area (TPSA) is 153 Å². The number of aryl methyl sites for hydroxylation is 2. The Hall–Kier alpha value is -6.10. The molecular weight excluding hydrogens is 628 g/mol. The van der Waals surface area contributed by atoms with Gasteiger partial charge >= 0.3 is 0 Å². The number of phenols is 4. The highest BCUT2D eigenvalue weighted by Gasteiger charge is 2.34. The van der Waals surface area contributed by atoms with E-state index in [0.717, 1.165) is 6.07 Å². The minimum atomic E-state index is -1.08. The van der Waals surface area contributed by atoms with Gasteiger partial charge in [-0.1, -0.05) is 6.07 Å². The highest BCUT2D eigenvalue weighted by Crippen LogP contribution is 2.45. The van der Waals surface area contributed by atoms with Crippen LogP contribution in [-0.4, -0.2) is 47.4 Å². The van der Waals surface area contributed by atoms with E-state index in [0.29, 0.717) is 39.2 Å². The molecule has 0 saturated carbocycles. The lowest BCUT2D eigenvalue weighted by atomic mass is 9.97. The van der Waals surface area contributed by atoms with Crippen molar-refractivity contribution in [3.63, 3.8) is 0 Å². The molecule has 11 nitrogen and oxygen atoms in total. The van der Waals surface area contributed by atoms with Gasteiger partial charge in [0.15, 0.2) is 17.1 Å². The summed E-state index contributed by atoms with van der Waals surface area (Å²) < 4.78 is 22.3. The molecule has 4 heterocycles. The zero-order chi connectivity index (χ0) is 34.7. The molecule has 4 aromatic carbocycles. The average Bonchev–Trinajstić information content (AvgIpc) is 3.03. The highest BCUT2D eigenvalue weighted by atomic mass is 16.6. The van der Waals surface area contributed by atoms with Gasteiger partial charge < -0.3 is 43.8 Å². The van der Waals surface area contributed by atoms with Crippen molar-refractivity contribution in [3.05, 3.63) is 86.2 Å². The number of benzene rings is 4. The van der Waals surface area contributed by atoms with E-state index in [-0.39, 0.29) is 62.0 Å². The summed E-state index contributed by atoms with van der Waals surface area (Å²) in [7, 11) is 3.43. The zero-order valence-electron chi connectivity index (χ0n) is 27.3. The molecule has 6 aromatic rings. The molecule has 248 valence electrons. The summed E-state index contributed by atoms with van der Waals surface area (Å²) in [5, 5.41) is 44.0. The molecule has 1 atom stereocenters. The fourth-order valence-corrected chi connectivity index (χ4v) is 7.15. The number of aromatic hydroxyl groups is 4. The molecule has 0 bridgehead atoms. The number of aromatic nitrogens is 2. The number of phenolic OH excluding ortho intramolecular Hbond substituents is 4. The van der Waals surface area contributed by atoms with Crippen LogP contribution < -0.4 is 25.1 Å². The fourth-order valence-electron chi connectivity index (χ4n) is 7.15. The molecule has 11 heteroatoms. The quantitative estimate of drug-likeness (QED) is 0.165. The minimum absolute atomic E-state index is 0.00833. The molecule has 2 aliphatic rings. The van der Waals surface area contributed by atoms with Crippen molar-refractivity contribution in [2.24, 2.45) is 14.1 Å². The molecule has 0 saturated heterocycles. The Balaban J connectivity index is 1.27. The number of nitrogens with zero attached hydrogens (tertiary/aromatic N) is 2. The van der Waals surface area contributed by atoms with E-state index in [9.17, 15) is 30.0 Å². The Morgan fingerprint density at radius 2 is 1.41 bits per heavy atom. The van der Waals surface area contributed by atoms with Gasteiger partial charge in [0.2, 0.25) is 10.9 Å². The van der Waals surface area contributed by atoms with Crippen LogP contribution in [-0.2, 0) is 14.1 Å². The predicted octanol–water partition coefficient (Wildman–Crippen LogP) is 5.95. The highest BCUT2D eigenvalue weighted by molar-refractivity contribution is 6.05. The van der Waals surface area contributed by atoms with Gasteiger partial charge in [0.05, 0.1) is 43.6 Å². The number of ether oxygens (including phenoxy) is 3. The molecule has 0 amide bonds. The van der Waals surface area contributed by atoms with Crippen molar-refractivity contribution in [1.82, 2.24) is 9.13 Å². The number of pyridine rings is 2. The lowest BCUT2D eigenvalue weighted by Gasteiger charge is -2.34. The second-order valence-electron chi connectivity index (χ2n) is 13.4. The smallest absolute Gasteiger partial charge is 0.201 e. The SMILES string of the molecule is Cn1c2c(O)cccc2c(=O)c2c(O)cc(O)c(C=C[C@@]3(C)COc4c(ccc5c(=O)c6c(O)cc7c(c6n(C)c45)C=CC(C)(C)O7)O3)c21. The van der Waals surface area contributed by atoms with E-state index >= 15 is 0 Å². The van der Waals surface area contributed by atoms with Gasteiger partial charge in [0.25, 0.3) is 0 Å². The predicted molar refractivity (Wildman–Crippen MR) is 187 cm³/mol. The van der Waals surface area contributed by atoms with Gasteiger partial charge in [0, 0.05) is 37.4 Å². The third-order valence-electron chi connectivity index (χ3n) is 9.45. The number of fused-ring (bicyclic) bond motifs is 8. The zero-order valence-corrected chi connectivity index (χ0v) is 27.3.